The first-order valence-electron chi connectivity index (χ1n) is 32.0. The minimum Gasteiger partial charge on any atom is -0.462 e. The Kier molecular flexibility index (Phi) is 61.6. The third-order valence-corrected chi connectivity index (χ3v) is 14.6. The van der Waals surface area contributed by atoms with Crippen molar-refractivity contribution in [3.63, 3.8) is 0 Å². The highest BCUT2D eigenvalue weighted by atomic mass is 16.6. The quantitative estimate of drug-likeness (QED) is 0.0192. The number of hydrogen-bond donors (Lipinski definition) is 6. The lowest BCUT2D eigenvalue weighted by Crippen LogP contribution is -2.46. The first-order valence-corrected chi connectivity index (χ1v) is 32.0. The van der Waals surface area contributed by atoms with Gasteiger partial charge in [0.2, 0.25) is 0 Å². The van der Waals surface area contributed by atoms with Crippen LogP contribution in [0.15, 0.2) is 0 Å². The zero-order valence-electron chi connectivity index (χ0n) is 49.3. The van der Waals surface area contributed by atoms with Crippen molar-refractivity contribution < 1.29 is 59.2 Å². The fourth-order valence-electron chi connectivity index (χ4n) is 9.47. The van der Waals surface area contributed by atoms with Gasteiger partial charge < -0.3 is 44.8 Å². The monoisotopic (exact) mass is 1070 g/mol. The molecule has 0 rings (SSSR count). The summed E-state index contributed by atoms with van der Waals surface area (Å²) in [5.74, 6) is -0.832. The van der Waals surface area contributed by atoms with Gasteiger partial charge in [-0.2, -0.15) is 0 Å². The maximum Gasteiger partial charge on any atom is 0.306 e. The molecular formula is C63H124O12. The van der Waals surface area contributed by atoms with Gasteiger partial charge in [0, 0.05) is 19.3 Å². The van der Waals surface area contributed by atoms with Crippen LogP contribution in [0.2, 0.25) is 0 Å². The molecule has 0 aliphatic rings. The molecule has 0 heterocycles. The molecule has 0 aromatic rings. The van der Waals surface area contributed by atoms with Crippen LogP contribution in [0.4, 0.5) is 0 Å². The summed E-state index contributed by atoms with van der Waals surface area (Å²) in [6.07, 6.45) is 51.6. The average molecular weight is 1070 g/mol. The van der Waals surface area contributed by atoms with E-state index in [1.807, 2.05) is 0 Å². The number of rotatable bonds is 58. The minimum atomic E-state index is -1.67. The van der Waals surface area contributed by atoms with Crippen LogP contribution in [-0.2, 0) is 28.6 Å². The second-order valence-corrected chi connectivity index (χ2v) is 22.1. The smallest absolute Gasteiger partial charge is 0.306 e. The normalized spacial score (nSPS) is 13.0. The van der Waals surface area contributed by atoms with E-state index in [0.29, 0.717) is 19.3 Å². The summed E-state index contributed by atoms with van der Waals surface area (Å²) in [6, 6.07) is 0. The Hall–Kier alpha value is -1.83. The van der Waals surface area contributed by atoms with Crippen LogP contribution < -0.4 is 0 Å². The summed E-state index contributed by atoms with van der Waals surface area (Å²) >= 11 is 0. The van der Waals surface area contributed by atoms with Crippen molar-refractivity contribution in [3.8, 4) is 0 Å². The molecule has 0 spiro atoms. The molecule has 0 saturated carbocycles. The Morgan fingerprint density at radius 2 is 0.480 bits per heavy atom. The lowest BCUT2D eigenvalue weighted by Gasteiger charge is -2.24. The highest BCUT2D eigenvalue weighted by molar-refractivity contribution is 5.71. The van der Waals surface area contributed by atoms with Crippen LogP contribution in [-0.4, -0.2) is 105 Å². The molecule has 75 heavy (non-hydrogen) atoms. The number of aliphatic hydroxyl groups excluding tert-OH is 6. The third kappa shape index (κ3) is 56.7. The van der Waals surface area contributed by atoms with E-state index < -0.39 is 43.7 Å². The topological polar surface area (TPSA) is 200 Å². The van der Waals surface area contributed by atoms with E-state index in [1.165, 1.54) is 231 Å². The van der Waals surface area contributed by atoms with Gasteiger partial charge in [-0.15, -0.1) is 0 Å². The predicted octanol–water partition coefficient (Wildman–Crippen LogP) is 15.2. The Bertz CT molecular complexity index is 1110. The zero-order valence-corrected chi connectivity index (χ0v) is 49.3. The van der Waals surface area contributed by atoms with Gasteiger partial charge in [0.15, 0.2) is 6.10 Å². The molecule has 0 aliphatic heterocycles. The molecule has 0 amide bonds. The Balaban J connectivity index is 0. The first-order chi connectivity index (χ1) is 36.6. The van der Waals surface area contributed by atoms with Gasteiger partial charge in [-0.3, -0.25) is 14.4 Å². The van der Waals surface area contributed by atoms with Crippen molar-refractivity contribution in [2.45, 2.75) is 359 Å². The molecule has 0 aliphatic carbocycles. The molecular weight excluding hydrogens is 949 g/mol. The van der Waals surface area contributed by atoms with Crippen molar-refractivity contribution in [1.82, 2.24) is 0 Å². The summed E-state index contributed by atoms with van der Waals surface area (Å²) in [7, 11) is 0. The first kappa shape index (κ1) is 75.2. The van der Waals surface area contributed by atoms with E-state index in [1.54, 1.807) is 0 Å². The van der Waals surface area contributed by atoms with E-state index in [4.69, 9.17) is 44.8 Å². The lowest BCUT2D eigenvalue weighted by atomic mass is 10.0. The van der Waals surface area contributed by atoms with E-state index in [2.05, 4.69) is 20.8 Å². The molecule has 0 fully saturated rings. The van der Waals surface area contributed by atoms with Crippen LogP contribution >= 0.6 is 0 Å². The Morgan fingerprint density at radius 3 is 0.680 bits per heavy atom. The predicted molar refractivity (Wildman–Crippen MR) is 309 cm³/mol. The molecule has 0 radical (unpaired) electrons. The fourth-order valence-corrected chi connectivity index (χ4v) is 9.47. The number of unbranched alkanes of at least 4 members (excludes halogenated alkanes) is 42. The van der Waals surface area contributed by atoms with Crippen molar-refractivity contribution in [1.29, 1.82) is 0 Å². The molecule has 12 heteroatoms. The standard InChI is InChI=1S/C57H110O6.C6H14O6/c1-4-7-10-13-16-19-22-25-28-31-34-37-40-43-46-49-55(58)61-52-54(63-57(60)51-48-45-42-39-36-33-30-27-24-21-18-15-12-9-6-3)53-62-56(59)50-47-44-41-38-35-32-29-26-23-20-17-14-11-8-5-2;7-1-3(9)5(11)6(12)4(10)2-8/h54H,4-53H2,1-3H3;3-12H,1-2H2. The highest BCUT2D eigenvalue weighted by Crippen LogP contribution is 2.18. The van der Waals surface area contributed by atoms with Crippen molar-refractivity contribution in [3.05, 3.63) is 0 Å². The van der Waals surface area contributed by atoms with Crippen molar-refractivity contribution in [2.75, 3.05) is 26.4 Å². The molecule has 0 saturated heterocycles. The fraction of sp³-hybridized carbons (Fsp3) is 0.952. The molecule has 0 aromatic heterocycles. The van der Waals surface area contributed by atoms with Gasteiger partial charge in [0.25, 0.3) is 0 Å². The SMILES string of the molecule is CCCCCCCCCCCCCCCCCC(=O)OCC(COC(=O)CCCCCCCCCCCCCCCCC)OC(=O)CCCCCCCCCCCCCCCCC.OCC(O)C(O)C(O)C(O)CO. The van der Waals surface area contributed by atoms with Crippen molar-refractivity contribution in [2.24, 2.45) is 0 Å². The summed E-state index contributed by atoms with van der Waals surface area (Å²) < 4.78 is 16.9. The summed E-state index contributed by atoms with van der Waals surface area (Å²) in [5, 5.41) is 52.2. The maximum atomic E-state index is 12.8. The van der Waals surface area contributed by atoms with E-state index in [0.717, 1.165) is 57.8 Å². The second kappa shape index (κ2) is 61.4. The van der Waals surface area contributed by atoms with Crippen LogP contribution in [0, 0.1) is 0 Å². The number of carbonyl (C=O) groups excluding carboxylic acids is 3. The average Bonchev–Trinajstić information content (AvgIpc) is 3.41. The zero-order chi connectivity index (χ0) is 55.5. The van der Waals surface area contributed by atoms with Gasteiger partial charge in [-0.1, -0.05) is 290 Å². The second-order valence-electron chi connectivity index (χ2n) is 22.1. The molecule has 4 atom stereocenters. The molecule has 448 valence electrons. The van der Waals surface area contributed by atoms with Crippen LogP contribution in [0.25, 0.3) is 0 Å². The van der Waals surface area contributed by atoms with Gasteiger partial charge in [0.05, 0.1) is 13.2 Å². The third-order valence-electron chi connectivity index (χ3n) is 14.6. The molecule has 0 bridgehead atoms. The molecule has 4 unspecified atom stereocenters. The minimum absolute atomic E-state index is 0.0611. The van der Waals surface area contributed by atoms with E-state index in [-0.39, 0.29) is 31.1 Å². The summed E-state index contributed by atoms with van der Waals surface area (Å²) in [4.78, 5) is 38.1. The molecule has 6 N–H and O–H groups in total. The van der Waals surface area contributed by atoms with Gasteiger partial charge in [-0.05, 0) is 19.3 Å². The van der Waals surface area contributed by atoms with E-state index >= 15 is 0 Å². The van der Waals surface area contributed by atoms with Crippen LogP contribution in [0.3, 0.4) is 0 Å². The van der Waals surface area contributed by atoms with Gasteiger partial charge >= 0.3 is 17.9 Å². The van der Waals surface area contributed by atoms with Crippen molar-refractivity contribution >= 4 is 17.9 Å². The number of carbonyl (C=O) groups is 3. The summed E-state index contributed by atoms with van der Waals surface area (Å²) in [6.45, 7) is 5.25. The van der Waals surface area contributed by atoms with E-state index in [9.17, 15) is 14.4 Å². The molecule has 12 nitrogen and oxygen atoms in total. The largest absolute Gasteiger partial charge is 0.462 e. The summed E-state index contributed by atoms with van der Waals surface area (Å²) in [5.41, 5.74) is 0. The Morgan fingerprint density at radius 1 is 0.293 bits per heavy atom. The highest BCUT2D eigenvalue weighted by Gasteiger charge is 2.29. The Labute approximate surface area is 461 Å². The maximum absolute atomic E-state index is 12.8. The van der Waals surface area contributed by atoms with Crippen LogP contribution in [0.5, 0.6) is 0 Å². The number of aliphatic hydroxyl groups is 6. The van der Waals surface area contributed by atoms with Gasteiger partial charge in [-0.25, -0.2) is 0 Å². The number of hydrogen-bond acceptors (Lipinski definition) is 12. The molecule has 0 aromatic carbocycles. The van der Waals surface area contributed by atoms with Crippen LogP contribution in [0.1, 0.15) is 329 Å². The number of esters is 3. The lowest BCUT2D eigenvalue weighted by molar-refractivity contribution is -0.167. The van der Waals surface area contributed by atoms with Gasteiger partial charge in [0.1, 0.15) is 37.6 Å². The number of ether oxygens (including phenoxy) is 3.